The van der Waals surface area contributed by atoms with Crippen LogP contribution in [0, 0.1) is 13.8 Å². The zero-order chi connectivity index (χ0) is 18.6. The number of hydrogen-bond acceptors (Lipinski definition) is 3. The average Bonchev–Trinajstić information content (AvgIpc) is 2.78. The van der Waals surface area contributed by atoms with Crippen molar-refractivity contribution >= 4 is 21.6 Å². The molecule has 1 aliphatic rings. The number of rotatable bonds is 5. The van der Waals surface area contributed by atoms with Gasteiger partial charge in [0.15, 0.2) is 0 Å². The van der Waals surface area contributed by atoms with Crippen molar-refractivity contribution in [3.05, 3.63) is 29.3 Å². The van der Waals surface area contributed by atoms with Crippen molar-refractivity contribution in [3.63, 3.8) is 0 Å². The molecule has 0 heterocycles. The second-order valence-corrected chi connectivity index (χ2v) is 9.08. The van der Waals surface area contributed by atoms with Gasteiger partial charge in [-0.05, 0) is 50.8 Å². The smallest absolute Gasteiger partial charge is 0.243 e. The van der Waals surface area contributed by atoms with E-state index < -0.39 is 16.1 Å². The fraction of sp³-hybridized carbons (Fsp3) is 0.632. The molecule has 5 nitrogen and oxygen atoms in total. The molecule has 1 saturated carbocycles. The number of hydrogen-bond donors (Lipinski definition) is 1. The number of nitrogens with one attached hydrogen (secondary N) is 1. The minimum Gasteiger partial charge on any atom is -0.352 e. The van der Waals surface area contributed by atoms with Gasteiger partial charge in [-0.3, -0.25) is 9.10 Å². The minimum absolute atomic E-state index is 0.150. The monoisotopic (exact) mass is 366 g/mol. The van der Waals surface area contributed by atoms with Crippen molar-refractivity contribution in [1.29, 1.82) is 0 Å². The topological polar surface area (TPSA) is 66.5 Å². The first-order valence-corrected chi connectivity index (χ1v) is 10.9. The van der Waals surface area contributed by atoms with Gasteiger partial charge in [0.1, 0.15) is 6.04 Å². The maximum atomic E-state index is 12.8. The molecule has 25 heavy (non-hydrogen) atoms. The molecule has 140 valence electrons. The third-order valence-electron chi connectivity index (χ3n) is 4.89. The number of aryl methyl sites for hydroxylation is 2. The van der Waals surface area contributed by atoms with Crippen LogP contribution in [-0.4, -0.2) is 32.7 Å². The lowest BCUT2D eigenvalue weighted by Crippen LogP contribution is -2.50. The fourth-order valence-electron chi connectivity index (χ4n) is 3.48. The van der Waals surface area contributed by atoms with Gasteiger partial charge in [0, 0.05) is 6.04 Å². The molecule has 1 atom stereocenters. The molecular formula is C19H30N2O3S. The molecule has 6 heteroatoms. The maximum Gasteiger partial charge on any atom is 0.243 e. The van der Waals surface area contributed by atoms with E-state index in [0.29, 0.717) is 5.69 Å². The number of carbonyl (C=O) groups is 1. The lowest BCUT2D eigenvalue weighted by atomic mass is 10.1. The van der Waals surface area contributed by atoms with Gasteiger partial charge in [-0.15, -0.1) is 0 Å². The Hall–Kier alpha value is -1.56. The van der Waals surface area contributed by atoms with Gasteiger partial charge in [-0.2, -0.15) is 0 Å². The van der Waals surface area contributed by atoms with Crippen LogP contribution in [0.3, 0.4) is 0 Å². The molecule has 1 amide bonds. The highest BCUT2D eigenvalue weighted by Crippen LogP contribution is 2.26. The number of nitrogens with zero attached hydrogens (tertiary/aromatic N) is 1. The van der Waals surface area contributed by atoms with E-state index in [1.54, 1.807) is 6.92 Å². The minimum atomic E-state index is -3.58. The normalized spacial score (nSPS) is 17.6. The third kappa shape index (κ3) is 5.21. The SMILES string of the molecule is Cc1ccc(C)c(N(C(C)C(=O)NC2CCCCCC2)S(C)(=O)=O)c1. The van der Waals surface area contributed by atoms with Crippen molar-refractivity contribution in [2.45, 2.75) is 71.4 Å². The third-order valence-corrected chi connectivity index (χ3v) is 6.12. The van der Waals surface area contributed by atoms with Gasteiger partial charge in [-0.25, -0.2) is 8.42 Å². The van der Waals surface area contributed by atoms with Crippen LogP contribution in [0.25, 0.3) is 0 Å². The molecule has 0 saturated heterocycles. The zero-order valence-corrected chi connectivity index (χ0v) is 16.5. The number of carbonyl (C=O) groups excluding carboxylic acids is 1. The number of amides is 1. The molecule has 1 N–H and O–H groups in total. The quantitative estimate of drug-likeness (QED) is 0.813. The van der Waals surface area contributed by atoms with Crippen molar-refractivity contribution in [1.82, 2.24) is 5.32 Å². The van der Waals surface area contributed by atoms with Crippen LogP contribution in [0.4, 0.5) is 5.69 Å². The summed E-state index contributed by atoms with van der Waals surface area (Å²) in [6, 6.07) is 5.02. The summed E-state index contributed by atoms with van der Waals surface area (Å²) in [4.78, 5) is 12.8. The standard InChI is InChI=1S/C19H30N2O3S/c1-14-11-12-15(2)18(13-14)21(25(4,23)24)16(3)19(22)20-17-9-7-5-6-8-10-17/h11-13,16-17H,5-10H2,1-4H3,(H,20,22). The van der Waals surface area contributed by atoms with Gasteiger partial charge in [0.2, 0.25) is 15.9 Å². The molecule has 0 spiro atoms. The molecule has 1 aromatic rings. The average molecular weight is 367 g/mol. The summed E-state index contributed by atoms with van der Waals surface area (Å²) in [5.41, 5.74) is 2.38. The lowest BCUT2D eigenvalue weighted by Gasteiger charge is -2.31. The molecule has 0 bridgehead atoms. The summed E-state index contributed by atoms with van der Waals surface area (Å²) < 4.78 is 26.1. The molecule has 1 aromatic carbocycles. The van der Waals surface area contributed by atoms with Gasteiger partial charge in [0.25, 0.3) is 0 Å². The summed E-state index contributed by atoms with van der Waals surface area (Å²) >= 11 is 0. The van der Waals surface area contributed by atoms with Crippen LogP contribution < -0.4 is 9.62 Å². The van der Waals surface area contributed by atoms with Crippen LogP contribution in [0.1, 0.15) is 56.6 Å². The Kier molecular flexibility index (Phi) is 6.49. The van der Waals surface area contributed by atoms with Gasteiger partial charge >= 0.3 is 0 Å². The molecule has 0 aromatic heterocycles. The van der Waals surface area contributed by atoms with Gasteiger partial charge in [-0.1, -0.05) is 37.8 Å². The Morgan fingerprint density at radius 1 is 1.16 bits per heavy atom. The maximum absolute atomic E-state index is 12.8. The first-order valence-electron chi connectivity index (χ1n) is 9.07. The van der Waals surface area contributed by atoms with Crippen LogP contribution in [0.15, 0.2) is 18.2 Å². The summed E-state index contributed by atoms with van der Waals surface area (Å²) in [6.07, 6.45) is 7.75. The molecule has 2 rings (SSSR count). The predicted octanol–water partition coefficient (Wildman–Crippen LogP) is 3.30. The summed E-state index contributed by atoms with van der Waals surface area (Å²) in [7, 11) is -3.58. The van der Waals surface area contributed by atoms with Gasteiger partial charge < -0.3 is 5.32 Å². The summed E-state index contributed by atoms with van der Waals surface area (Å²) in [6.45, 7) is 5.44. The van der Waals surface area contributed by atoms with E-state index in [1.807, 2.05) is 32.0 Å². The van der Waals surface area contributed by atoms with E-state index in [4.69, 9.17) is 0 Å². The molecule has 1 unspecified atom stereocenters. The Bertz CT molecular complexity index is 707. The zero-order valence-electron chi connectivity index (χ0n) is 15.7. The van der Waals surface area contributed by atoms with E-state index in [2.05, 4.69) is 5.32 Å². The highest BCUT2D eigenvalue weighted by molar-refractivity contribution is 7.92. The summed E-state index contributed by atoms with van der Waals surface area (Å²) in [5, 5.41) is 3.07. The van der Waals surface area contributed by atoms with E-state index in [1.165, 1.54) is 17.1 Å². The van der Waals surface area contributed by atoms with Crippen molar-refractivity contribution in [2.75, 3.05) is 10.6 Å². The van der Waals surface area contributed by atoms with E-state index in [0.717, 1.165) is 43.1 Å². The second kappa shape index (κ2) is 8.21. The Morgan fingerprint density at radius 2 is 1.76 bits per heavy atom. The van der Waals surface area contributed by atoms with Crippen molar-refractivity contribution in [3.8, 4) is 0 Å². The molecule has 1 aliphatic carbocycles. The second-order valence-electron chi connectivity index (χ2n) is 7.22. The Labute approximate surface area is 151 Å². The van der Waals surface area contributed by atoms with Crippen LogP contribution >= 0.6 is 0 Å². The van der Waals surface area contributed by atoms with Crippen LogP contribution in [-0.2, 0) is 14.8 Å². The van der Waals surface area contributed by atoms with Crippen LogP contribution in [0.5, 0.6) is 0 Å². The molecule has 0 radical (unpaired) electrons. The molecule has 1 fully saturated rings. The first kappa shape index (κ1) is 19.8. The first-order chi connectivity index (χ1) is 11.7. The molecule has 0 aliphatic heterocycles. The highest BCUT2D eigenvalue weighted by atomic mass is 32.2. The number of benzene rings is 1. The van der Waals surface area contributed by atoms with Crippen molar-refractivity contribution in [2.24, 2.45) is 0 Å². The Morgan fingerprint density at radius 3 is 2.32 bits per heavy atom. The predicted molar refractivity (Wildman–Crippen MR) is 102 cm³/mol. The van der Waals surface area contributed by atoms with Crippen molar-refractivity contribution < 1.29 is 13.2 Å². The van der Waals surface area contributed by atoms with E-state index in [-0.39, 0.29) is 11.9 Å². The van der Waals surface area contributed by atoms with Crippen LogP contribution in [0.2, 0.25) is 0 Å². The summed E-state index contributed by atoms with van der Waals surface area (Å²) in [5.74, 6) is -0.224. The van der Waals surface area contributed by atoms with E-state index in [9.17, 15) is 13.2 Å². The molecular weight excluding hydrogens is 336 g/mol. The fourth-order valence-corrected chi connectivity index (χ4v) is 4.71. The van der Waals surface area contributed by atoms with E-state index >= 15 is 0 Å². The lowest BCUT2D eigenvalue weighted by molar-refractivity contribution is -0.122. The highest BCUT2D eigenvalue weighted by Gasteiger charge is 2.31. The Balaban J connectivity index is 2.25. The number of sulfonamides is 1. The largest absolute Gasteiger partial charge is 0.352 e. The van der Waals surface area contributed by atoms with Gasteiger partial charge in [0.05, 0.1) is 11.9 Å². The number of anilines is 1.